The lowest BCUT2D eigenvalue weighted by molar-refractivity contribution is -0.120. The summed E-state index contributed by atoms with van der Waals surface area (Å²) in [5.41, 5.74) is 1.10. The lowest BCUT2D eigenvalue weighted by Gasteiger charge is -2.42. The van der Waals surface area contributed by atoms with Crippen LogP contribution in [0.5, 0.6) is 0 Å². The van der Waals surface area contributed by atoms with Gasteiger partial charge in [-0.1, -0.05) is 6.92 Å². The Hall–Kier alpha value is -2.77. The fourth-order valence-corrected chi connectivity index (χ4v) is 3.15. The Kier molecular flexibility index (Phi) is 4.52. The summed E-state index contributed by atoms with van der Waals surface area (Å²) in [6, 6.07) is 1.47. The maximum absolute atomic E-state index is 12.6. The van der Waals surface area contributed by atoms with Gasteiger partial charge in [0.2, 0.25) is 5.91 Å². The van der Waals surface area contributed by atoms with Crippen LogP contribution in [0.4, 0.5) is 11.5 Å². The Bertz CT molecular complexity index is 786. The molecule has 3 heterocycles. The second kappa shape index (κ2) is 6.62. The van der Waals surface area contributed by atoms with E-state index >= 15 is 0 Å². The zero-order chi connectivity index (χ0) is 18.1. The van der Waals surface area contributed by atoms with E-state index in [0.717, 1.165) is 0 Å². The molecule has 2 aromatic heterocycles. The fraction of sp³-hybridized carbons (Fsp3) is 0.471. The van der Waals surface area contributed by atoms with Crippen molar-refractivity contribution in [3.8, 4) is 0 Å². The molecule has 0 bridgehead atoms. The summed E-state index contributed by atoms with van der Waals surface area (Å²) in [5.74, 6) is 1.04. The number of nitrogens with one attached hydrogen (secondary N) is 1. The smallest absolute Gasteiger partial charge is 0.249 e. The van der Waals surface area contributed by atoms with Crippen molar-refractivity contribution in [3.63, 3.8) is 0 Å². The molecule has 8 heteroatoms. The van der Waals surface area contributed by atoms with Gasteiger partial charge in [-0.15, -0.1) is 0 Å². The number of likely N-dealkylation sites (N-methyl/N-ethyl adjacent to an activating group) is 1. The molecular formula is C17H22N6O2. The van der Waals surface area contributed by atoms with E-state index < -0.39 is 0 Å². The molecule has 3 rings (SSSR count). The number of hydrogen-bond donors (Lipinski definition) is 1. The van der Waals surface area contributed by atoms with Crippen molar-refractivity contribution >= 4 is 23.2 Å². The number of carbonyl (C=O) groups excluding carboxylic acids is 2. The van der Waals surface area contributed by atoms with Crippen LogP contribution < -0.4 is 9.80 Å². The minimum atomic E-state index is -0.261. The quantitative estimate of drug-likeness (QED) is 0.829. The molecule has 1 N–H and O–H groups in total. The molecule has 0 saturated carbocycles. The van der Waals surface area contributed by atoms with E-state index in [2.05, 4.69) is 20.2 Å². The van der Waals surface area contributed by atoms with Crippen LogP contribution in [0.1, 0.15) is 43.5 Å². The molecule has 0 aromatic carbocycles. The number of ketones is 1. The van der Waals surface area contributed by atoms with E-state index in [9.17, 15) is 9.59 Å². The lowest BCUT2D eigenvalue weighted by atomic mass is 10.1. The number of H-pyrrole nitrogens is 1. The summed E-state index contributed by atoms with van der Waals surface area (Å²) < 4.78 is 0. The molecule has 0 spiro atoms. The predicted octanol–water partition coefficient (Wildman–Crippen LogP) is 1.59. The van der Waals surface area contributed by atoms with Crippen LogP contribution in [0.25, 0.3) is 0 Å². The number of anilines is 2. The van der Waals surface area contributed by atoms with Crippen LogP contribution in [0.15, 0.2) is 18.5 Å². The van der Waals surface area contributed by atoms with Crippen LogP contribution >= 0.6 is 0 Å². The molecule has 1 atom stereocenters. The van der Waals surface area contributed by atoms with Crippen molar-refractivity contribution in [2.75, 3.05) is 16.8 Å². The zero-order valence-electron chi connectivity index (χ0n) is 14.9. The molecule has 2 aromatic rings. The first kappa shape index (κ1) is 17.1. The monoisotopic (exact) mass is 342 g/mol. The van der Waals surface area contributed by atoms with Gasteiger partial charge in [0.25, 0.3) is 0 Å². The molecular weight excluding hydrogens is 320 g/mol. The van der Waals surface area contributed by atoms with Crippen LogP contribution in [0.3, 0.4) is 0 Å². The van der Waals surface area contributed by atoms with E-state index in [1.807, 2.05) is 25.7 Å². The Morgan fingerprint density at radius 1 is 1.40 bits per heavy atom. The molecule has 132 valence electrons. The van der Waals surface area contributed by atoms with Crippen molar-refractivity contribution in [2.24, 2.45) is 0 Å². The predicted molar refractivity (Wildman–Crippen MR) is 93.8 cm³/mol. The summed E-state index contributed by atoms with van der Waals surface area (Å²) >= 11 is 0. The highest BCUT2D eigenvalue weighted by Gasteiger charge is 2.38. The number of Topliss-reactive ketones (excluding diaryl/α,β-unsaturated/α-hetero) is 1. The number of carbonyl (C=O) groups is 2. The normalized spacial score (nSPS) is 17.2. The fourth-order valence-electron chi connectivity index (χ4n) is 3.15. The Morgan fingerprint density at radius 2 is 2.16 bits per heavy atom. The number of nitrogens with zero attached hydrogens (tertiary/aromatic N) is 5. The van der Waals surface area contributed by atoms with Gasteiger partial charge in [0.1, 0.15) is 23.2 Å². The summed E-state index contributed by atoms with van der Waals surface area (Å²) in [4.78, 5) is 37.4. The number of amides is 1. The van der Waals surface area contributed by atoms with Gasteiger partial charge < -0.3 is 9.80 Å². The van der Waals surface area contributed by atoms with E-state index in [-0.39, 0.29) is 30.2 Å². The third kappa shape index (κ3) is 2.99. The van der Waals surface area contributed by atoms with Gasteiger partial charge in [-0.2, -0.15) is 5.10 Å². The third-order valence-electron chi connectivity index (χ3n) is 4.42. The van der Waals surface area contributed by atoms with Crippen LogP contribution in [-0.2, 0) is 11.2 Å². The molecule has 1 amide bonds. The second-order valence-electron chi connectivity index (χ2n) is 6.39. The highest BCUT2D eigenvalue weighted by atomic mass is 16.2. The van der Waals surface area contributed by atoms with Crippen molar-refractivity contribution < 1.29 is 9.59 Å². The lowest BCUT2D eigenvalue weighted by Crippen LogP contribution is -2.55. The van der Waals surface area contributed by atoms with Gasteiger partial charge in [0.15, 0.2) is 11.6 Å². The average molecular weight is 342 g/mol. The van der Waals surface area contributed by atoms with Gasteiger partial charge in [0.05, 0.1) is 12.6 Å². The first-order valence-corrected chi connectivity index (χ1v) is 8.38. The van der Waals surface area contributed by atoms with E-state index in [1.54, 1.807) is 24.2 Å². The van der Waals surface area contributed by atoms with Gasteiger partial charge in [-0.25, -0.2) is 9.97 Å². The largest absolute Gasteiger partial charge is 0.340 e. The minimum Gasteiger partial charge on any atom is -0.340 e. The number of fused-ring (bicyclic) bond motifs is 1. The maximum atomic E-state index is 12.6. The second-order valence-corrected chi connectivity index (χ2v) is 6.39. The van der Waals surface area contributed by atoms with Crippen LogP contribution in [0.2, 0.25) is 0 Å². The van der Waals surface area contributed by atoms with Gasteiger partial charge in [-0.05, 0) is 26.3 Å². The van der Waals surface area contributed by atoms with Gasteiger partial charge >= 0.3 is 0 Å². The summed E-state index contributed by atoms with van der Waals surface area (Å²) in [5, 5.41) is 6.45. The average Bonchev–Trinajstić information content (AvgIpc) is 3.12. The summed E-state index contributed by atoms with van der Waals surface area (Å²) in [7, 11) is 1.74. The van der Waals surface area contributed by atoms with E-state index in [0.29, 0.717) is 29.4 Å². The topological polar surface area (TPSA) is 95.1 Å². The zero-order valence-corrected chi connectivity index (χ0v) is 14.9. The Labute approximate surface area is 146 Å². The highest BCUT2D eigenvalue weighted by Crippen LogP contribution is 2.35. The van der Waals surface area contributed by atoms with Crippen molar-refractivity contribution in [3.05, 3.63) is 30.0 Å². The number of hydrogen-bond acceptors (Lipinski definition) is 6. The Morgan fingerprint density at radius 3 is 2.76 bits per heavy atom. The summed E-state index contributed by atoms with van der Waals surface area (Å²) in [6.07, 6.45) is 3.92. The molecule has 25 heavy (non-hydrogen) atoms. The Balaban J connectivity index is 1.98. The van der Waals surface area contributed by atoms with E-state index in [4.69, 9.17) is 0 Å². The minimum absolute atomic E-state index is 0.0357. The maximum Gasteiger partial charge on any atom is 0.249 e. The molecule has 0 aliphatic carbocycles. The molecule has 1 unspecified atom stereocenters. The standard InChI is InChI=1S/C17H22N6O2/c1-5-12-17(25)22(4)13-9-18-15(20-16(13)23(12)10(2)3)8-14(24)11-6-7-19-21-11/h6-7,9-10,12H,5,8H2,1-4H3,(H,19,21). The van der Waals surface area contributed by atoms with Crippen molar-refractivity contribution in [1.29, 1.82) is 0 Å². The molecule has 1 aliphatic heterocycles. The molecule has 1 aliphatic rings. The molecule has 0 radical (unpaired) electrons. The number of rotatable bonds is 5. The molecule has 0 fully saturated rings. The molecule has 8 nitrogen and oxygen atoms in total. The highest BCUT2D eigenvalue weighted by molar-refractivity contribution is 6.04. The van der Waals surface area contributed by atoms with Gasteiger partial charge in [-0.3, -0.25) is 14.7 Å². The number of aromatic amines is 1. The number of aromatic nitrogens is 4. The van der Waals surface area contributed by atoms with Crippen LogP contribution in [-0.4, -0.2) is 51.0 Å². The SMILES string of the molecule is CCC1C(=O)N(C)c2cnc(CC(=O)c3ccn[nH]3)nc2N1C(C)C. The van der Waals surface area contributed by atoms with Gasteiger partial charge in [0, 0.05) is 19.3 Å². The van der Waals surface area contributed by atoms with Crippen molar-refractivity contribution in [1.82, 2.24) is 20.2 Å². The third-order valence-corrected chi connectivity index (χ3v) is 4.42. The van der Waals surface area contributed by atoms with Crippen LogP contribution in [0, 0.1) is 0 Å². The first-order valence-electron chi connectivity index (χ1n) is 8.38. The summed E-state index contributed by atoms with van der Waals surface area (Å²) in [6.45, 7) is 6.05. The molecule has 0 saturated heterocycles. The van der Waals surface area contributed by atoms with Crippen molar-refractivity contribution in [2.45, 2.75) is 45.7 Å². The van der Waals surface area contributed by atoms with E-state index in [1.165, 1.54) is 6.20 Å². The first-order chi connectivity index (χ1) is 11.9.